The van der Waals surface area contributed by atoms with E-state index in [9.17, 15) is 0 Å². The molecule has 3 atom stereocenters. The van der Waals surface area contributed by atoms with Crippen LogP contribution >= 0.6 is 11.5 Å². The van der Waals surface area contributed by atoms with Crippen molar-refractivity contribution in [3.63, 3.8) is 0 Å². The molecule has 15 heavy (non-hydrogen) atoms. The topological polar surface area (TPSA) is 29.0 Å². The van der Waals surface area contributed by atoms with Crippen LogP contribution in [-0.2, 0) is 0 Å². The molecule has 2 aliphatic heterocycles. The van der Waals surface area contributed by atoms with Crippen LogP contribution in [0.2, 0.25) is 0 Å². The molecule has 3 aliphatic rings. The maximum absolute atomic E-state index is 4.75. The Morgan fingerprint density at radius 1 is 1.20 bits per heavy atom. The molecule has 1 aliphatic carbocycles. The molecule has 80 valence electrons. The average Bonchev–Trinajstić information content (AvgIpc) is 2.74. The first-order chi connectivity index (χ1) is 7.40. The van der Waals surface area contributed by atoms with Gasteiger partial charge in [0, 0.05) is 24.9 Å². The maximum atomic E-state index is 4.75. The first-order valence-electron chi connectivity index (χ1n) is 5.96. The molecular formula is C11H15N3S. The molecule has 2 unspecified atom stereocenters. The minimum Gasteiger partial charge on any atom is -0.302 e. The highest BCUT2D eigenvalue weighted by atomic mass is 32.1. The minimum atomic E-state index is 0.712. The molecule has 4 heteroatoms. The van der Waals surface area contributed by atoms with E-state index < -0.39 is 0 Å². The van der Waals surface area contributed by atoms with Gasteiger partial charge in [-0.2, -0.15) is 4.37 Å². The third kappa shape index (κ3) is 1.35. The molecule has 2 bridgehead atoms. The van der Waals surface area contributed by atoms with Crippen molar-refractivity contribution < 1.29 is 0 Å². The average molecular weight is 221 g/mol. The van der Waals surface area contributed by atoms with Gasteiger partial charge >= 0.3 is 0 Å². The van der Waals surface area contributed by atoms with Crippen LogP contribution in [0.4, 0.5) is 0 Å². The van der Waals surface area contributed by atoms with E-state index in [0.29, 0.717) is 11.8 Å². The number of hydrogen-bond donors (Lipinski definition) is 0. The van der Waals surface area contributed by atoms with Crippen molar-refractivity contribution in [2.45, 2.75) is 31.1 Å². The minimum absolute atomic E-state index is 0.712. The molecule has 3 fully saturated rings. The van der Waals surface area contributed by atoms with Crippen molar-refractivity contribution in [1.82, 2.24) is 14.3 Å². The quantitative estimate of drug-likeness (QED) is 0.763. The van der Waals surface area contributed by atoms with Crippen molar-refractivity contribution in [3.8, 4) is 0 Å². The van der Waals surface area contributed by atoms with Crippen molar-refractivity contribution in [3.05, 3.63) is 10.8 Å². The predicted molar refractivity (Wildman–Crippen MR) is 59.2 cm³/mol. The van der Waals surface area contributed by atoms with Crippen LogP contribution in [0, 0.1) is 5.92 Å². The summed E-state index contributed by atoms with van der Waals surface area (Å²) in [4.78, 5) is 7.33. The highest BCUT2D eigenvalue weighted by Gasteiger charge is 2.41. The maximum Gasteiger partial charge on any atom is 0.145 e. The number of fused-ring (bicyclic) bond motifs is 2. The molecular weight excluding hydrogens is 206 g/mol. The lowest BCUT2D eigenvalue weighted by molar-refractivity contribution is 0.346. The number of nitrogens with zero attached hydrogens (tertiary/aromatic N) is 3. The molecule has 0 radical (unpaired) electrons. The van der Waals surface area contributed by atoms with E-state index in [-0.39, 0.29) is 0 Å². The van der Waals surface area contributed by atoms with E-state index in [1.165, 1.54) is 43.9 Å². The molecule has 3 heterocycles. The third-order valence-electron chi connectivity index (χ3n) is 4.05. The van der Waals surface area contributed by atoms with Crippen molar-refractivity contribution >= 4 is 11.5 Å². The molecule has 4 rings (SSSR count). The van der Waals surface area contributed by atoms with Crippen LogP contribution in [0.15, 0.2) is 0 Å². The predicted octanol–water partition coefficient (Wildman–Crippen LogP) is 1.83. The van der Waals surface area contributed by atoms with Gasteiger partial charge in [-0.15, -0.1) is 0 Å². The fourth-order valence-corrected chi connectivity index (χ4v) is 3.88. The van der Waals surface area contributed by atoms with Crippen LogP contribution in [0.25, 0.3) is 0 Å². The summed E-state index contributed by atoms with van der Waals surface area (Å²) in [6.45, 7) is 3.86. The zero-order valence-electron chi connectivity index (χ0n) is 8.72. The molecule has 0 spiro atoms. The van der Waals surface area contributed by atoms with Crippen molar-refractivity contribution in [2.75, 3.05) is 19.6 Å². The van der Waals surface area contributed by atoms with Crippen LogP contribution in [0.5, 0.6) is 0 Å². The summed E-state index contributed by atoms with van der Waals surface area (Å²) < 4.78 is 4.52. The largest absolute Gasteiger partial charge is 0.302 e. The summed E-state index contributed by atoms with van der Waals surface area (Å²) in [5, 5.41) is 1.32. The van der Waals surface area contributed by atoms with Crippen molar-refractivity contribution in [2.24, 2.45) is 5.92 Å². The van der Waals surface area contributed by atoms with Gasteiger partial charge in [0.25, 0.3) is 0 Å². The summed E-state index contributed by atoms with van der Waals surface area (Å²) in [5.74, 6) is 3.45. The zero-order valence-corrected chi connectivity index (χ0v) is 9.54. The van der Waals surface area contributed by atoms with Crippen LogP contribution < -0.4 is 0 Å². The molecule has 1 aromatic rings. The normalized spacial score (nSPS) is 38.8. The van der Waals surface area contributed by atoms with E-state index in [1.54, 1.807) is 11.5 Å². The molecule has 2 saturated heterocycles. The van der Waals surface area contributed by atoms with Gasteiger partial charge < -0.3 is 4.90 Å². The van der Waals surface area contributed by atoms with Gasteiger partial charge in [-0.05, 0) is 43.3 Å². The molecule has 3 nitrogen and oxygen atoms in total. The van der Waals surface area contributed by atoms with Gasteiger partial charge in [-0.3, -0.25) is 0 Å². The molecule has 0 aromatic carbocycles. The van der Waals surface area contributed by atoms with Crippen LogP contribution in [-0.4, -0.2) is 33.9 Å². The van der Waals surface area contributed by atoms with Gasteiger partial charge in [0.1, 0.15) is 10.8 Å². The van der Waals surface area contributed by atoms with Crippen molar-refractivity contribution in [1.29, 1.82) is 0 Å². The van der Waals surface area contributed by atoms with E-state index in [1.807, 2.05) is 0 Å². The number of piperidine rings is 1. The number of hydrogen-bond acceptors (Lipinski definition) is 4. The van der Waals surface area contributed by atoms with Gasteiger partial charge in [-0.25, -0.2) is 4.98 Å². The second kappa shape index (κ2) is 3.01. The smallest absolute Gasteiger partial charge is 0.145 e. The highest BCUT2D eigenvalue weighted by Crippen LogP contribution is 2.43. The Bertz CT molecular complexity index is 385. The second-order valence-corrected chi connectivity index (χ2v) is 5.96. The third-order valence-corrected chi connectivity index (χ3v) is 4.91. The fourth-order valence-electron chi connectivity index (χ4n) is 2.97. The zero-order chi connectivity index (χ0) is 9.83. The Morgan fingerprint density at radius 3 is 2.80 bits per heavy atom. The first kappa shape index (κ1) is 8.65. The standard InChI is InChI=1S/C11H15N3S/c1-2-7(1)10-12-11(15-13-10)9-6-14-4-3-8(9)5-14/h7-9H,1-6H2/t8?,9-/m0/s1. The van der Waals surface area contributed by atoms with Gasteiger partial charge in [-0.1, -0.05) is 0 Å². The Hall–Kier alpha value is -0.480. The molecule has 1 saturated carbocycles. The summed E-state index contributed by atoms with van der Waals surface area (Å²) >= 11 is 1.67. The molecule has 0 N–H and O–H groups in total. The summed E-state index contributed by atoms with van der Waals surface area (Å²) in [5.41, 5.74) is 0. The second-order valence-electron chi connectivity index (χ2n) is 5.18. The summed E-state index contributed by atoms with van der Waals surface area (Å²) in [6.07, 6.45) is 4.01. The Labute approximate surface area is 93.7 Å². The van der Waals surface area contributed by atoms with Gasteiger partial charge in [0.05, 0.1) is 0 Å². The van der Waals surface area contributed by atoms with E-state index in [2.05, 4.69) is 9.27 Å². The summed E-state index contributed by atoms with van der Waals surface area (Å²) in [7, 11) is 0. The molecule has 0 amide bonds. The lowest BCUT2D eigenvalue weighted by Gasteiger charge is -2.19. The SMILES string of the molecule is C1CC1c1nsc([C@H]2CN3CCC2C3)n1. The monoisotopic (exact) mass is 221 g/mol. The highest BCUT2D eigenvalue weighted by molar-refractivity contribution is 7.05. The number of aromatic nitrogens is 2. The van der Waals surface area contributed by atoms with E-state index in [4.69, 9.17) is 4.98 Å². The van der Waals surface area contributed by atoms with Crippen LogP contribution in [0.1, 0.15) is 41.9 Å². The Balaban J connectivity index is 1.60. The van der Waals surface area contributed by atoms with Gasteiger partial charge in [0.15, 0.2) is 0 Å². The fraction of sp³-hybridized carbons (Fsp3) is 0.818. The van der Waals surface area contributed by atoms with Crippen LogP contribution in [0.3, 0.4) is 0 Å². The van der Waals surface area contributed by atoms with E-state index in [0.717, 1.165) is 11.7 Å². The van der Waals surface area contributed by atoms with Gasteiger partial charge in [0.2, 0.25) is 0 Å². The lowest BCUT2D eigenvalue weighted by Crippen LogP contribution is -2.22. The Kier molecular flexibility index (Phi) is 1.74. The Morgan fingerprint density at radius 2 is 2.13 bits per heavy atom. The lowest BCUT2D eigenvalue weighted by atomic mass is 9.93. The number of rotatable bonds is 2. The summed E-state index contributed by atoms with van der Waals surface area (Å²) in [6, 6.07) is 0. The molecule has 1 aromatic heterocycles. The van der Waals surface area contributed by atoms with E-state index >= 15 is 0 Å². The first-order valence-corrected chi connectivity index (χ1v) is 6.73.